The molecule has 6 heteroatoms. The van der Waals surface area contributed by atoms with Gasteiger partial charge < -0.3 is 19.5 Å². The highest BCUT2D eigenvalue weighted by molar-refractivity contribution is 5.72. The van der Waals surface area contributed by atoms with Crippen LogP contribution in [-0.2, 0) is 14.3 Å². The molecule has 0 saturated carbocycles. The van der Waals surface area contributed by atoms with E-state index in [9.17, 15) is 9.59 Å². The summed E-state index contributed by atoms with van der Waals surface area (Å²) in [6, 6.07) is 0. The Morgan fingerprint density at radius 2 is 2.29 bits per heavy atom. The maximum Gasteiger partial charge on any atom is 0.410 e. The summed E-state index contributed by atoms with van der Waals surface area (Å²) in [7, 11) is 0. The van der Waals surface area contributed by atoms with Gasteiger partial charge >= 0.3 is 12.1 Å². The molecule has 2 heterocycles. The lowest BCUT2D eigenvalue weighted by atomic mass is 9.93. The smallest absolute Gasteiger partial charge is 0.410 e. The van der Waals surface area contributed by atoms with E-state index in [-0.39, 0.29) is 25.2 Å². The van der Waals surface area contributed by atoms with Crippen molar-refractivity contribution in [2.24, 2.45) is 11.8 Å². The van der Waals surface area contributed by atoms with Crippen molar-refractivity contribution in [3.05, 3.63) is 12.7 Å². The maximum absolute atomic E-state index is 11.6. The van der Waals surface area contributed by atoms with E-state index in [1.54, 1.807) is 0 Å². The van der Waals surface area contributed by atoms with Crippen LogP contribution in [-0.4, -0.2) is 54.5 Å². The summed E-state index contributed by atoms with van der Waals surface area (Å²) in [4.78, 5) is 24.0. The molecule has 0 aromatic carbocycles. The van der Waals surface area contributed by atoms with Crippen molar-refractivity contribution >= 4 is 12.1 Å². The van der Waals surface area contributed by atoms with Crippen LogP contribution in [0.2, 0.25) is 0 Å². The van der Waals surface area contributed by atoms with E-state index >= 15 is 0 Å². The zero-order valence-corrected chi connectivity index (χ0v) is 9.37. The van der Waals surface area contributed by atoms with Gasteiger partial charge in [-0.15, -0.1) is 0 Å². The van der Waals surface area contributed by atoms with Crippen LogP contribution in [0.25, 0.3) is 0 Å². The van der Waals surface area contributed by atoms with Crippen LogP contribution < -0.4 is 0 Å². The Morgan fingerprint density at radius 1 is 1.53 bits per heavy atom. The number of carbonyl (C=O) groups is 2. The second-order valence-corrected chi connectivity index (χ2v) is 4.25. The third-order valence-electron chi connectivity index (χ3n) is 3.22. The van der Waals surface area contributed by atoms with Crippen LogP contribution in [0.15, 0.2) is 12.7 Å². The average Bonchev–Trinajstić information content (AvgIpc) is 2.83. The van der Waals surface area contributed by atoms with Gasteiger partial charge in [0.15, 0.2) is 0 Å². The minimum Gasteiger partial charge on any atom is -0.481 e. The predicted molar refractivity (Wildman–Crippen MR) is 57.5 cm³/mol. The van der Waals surface area contributed by atoms with Gasteiger partial charge in [-0.3, -0.25) is 4.79 Å². The van der Waals surface area contributed by atoms with E-state index in [4.69, 9.17) is 14.6 Å². The number of carboxylic acid groups (broad SMARTS) is 1. The highest BCUT2D eigenvalue weighted by atomic mass is 16.6. The van der Waals surface area contributed by atoms with Crippen molar-refractivity contribution in [3.8, 4) is 0 Å². The van der Waals surface area contributed by atoms with Crippen molar-refractivity contribution < 1.29 is 24.2 Å². The molecule has 1 N–H and O–H groups in total. The first kappa shape index (κ1) is 11.9. The molecule has 2 fully saturated rings. The molecule has 0 radical (unpaired) electrons. The summed E-state index contributed by atoms with van der Waals surface area (Å²) in [5.41, 5.74) is 0. The molecule has 2 saturated heterocycles. The quantitative estimate of drug-likeness (QED) is 0.721. The minimum absolute atomic E-state index is 0.121. The Bertz CT molecular complexity index is 343. The number of hydrogen-bond acceptors (Lipinski definition) is 4. The molecule has 2 rings (SSSR count). The Labute approximate surface area is 98.8 Å². The molecule has 6 nitrogen and oxygen atoms in total. The largest absolute Gasteiger partial charge is 0.481 e. The predicted octanol–water partition coefficient (Wildman–Crippen LogP) is 0.340. The van der Waals surface area contributed by atoms with Crippen LogP contribution in [0, 0.1) is 11.8 Å². The van der Waals surface area contributed by atoms with Crippen molar-refractivity contribution in [3.63, 3.8) is 0 Å². The van der Waals surface area contributed by atoms with Crippen molar-refractivity contribution in [2.45, 2.75) is 6.10 Å². The fraction of sp³-hybridized carbons (Fsp3) is 0.636. The minimum atomic E-state index is -0.862. The van der Waals surface area contributed by atoms with Crippen molar-refractivity contribution in [2.75, 3.05) is 26.3 Å². The molecule has 0 aliphatic carbocycles. The van der Waals surface area contributed by atoms with Crippen molar-refractivity contribution in [1.29, 1.82) is 0 Å². The first-order valence-electron chi connectivity index (χ1n) is 5.50. The molecule has 1 amide bonds. The molecule has 0 aromatic heterocycles. The van der Waals surface area contributed by atoms with Gasteiger partial charge in [0.2, 0.25) is 0 Å². The third-order valence-corrected chi connectivity index (χ3v) is 3.22. The zero-order valence-electron chi connectivity index (χ0n) is 9.37. The van der Waals surface area contributed by atoms with Crippen LogP contribution in [0.1, 0.15) is 0 Å². The normalized spacial score (nSPS) is 31.1. The van der Waals surface area contributed by atoms with Gasteiger partial charge in [-0.2, -0.15) is 0 Å². The van der Waals surface area contributed by atoms with Crippen LogP contribution in [0.4, 0.5) is 4.79 Å². The average molecular weight is 241 g/mol. The van der Waals surface area contributed by atoms with Gasteiger partial charge in [0.1, 0.15) is 6.61 Å². The second kappa shape index (κ2) is 4.75. The number of hydrogen-bond donors (Lipinski definition) is 1. The summed E-state index contributed by atoms with van der Waals surface area (Å²) in [5.74, 6) is -1.50. The van der Waals surface area contributed by atoms with E-state index in [1.165, 1.54) is 11.0 Å². The van der Waals surface area contributed by atoms with Gasteiger partial charge in [-0.05, 0) is 0 Å². The molecule has 0 spiro atoms. The standard InChI is InChI=1S/C11H15NO5/c1-2-3-16-11(15)12-4-7-8(10(13)14)6-17-9(7)5-12/h2,7-9H,1,3-6H2,(H,13,14)/t7-,8-,9-/m1/s1. The van der Waals surface area contributed by atoms with Crippen molar-refractivity contribution in [1.82, 2.24) is 4.90 Å². The highest BCUT2D eigenvalue weighted by Crippen LogP contribution is 2.33. The number of amides is 1. The summed E-state index contributed by atoms with van der Waals surface area (Å²) in [6.45, 7) is 4.64. The number of nitrogens with zero attached hydrogens (tertiary/aromatic N) is 1. The Kier molecular flexibility index (Phi) is 3.33. The van der Waals surface area contributed by atoms with Gasteiger partial charge in [0.05, 0.1) is 25.2 Å². The number of fused-ring (bicyclic) bond motifs is 1. The van der Waals surface area contributed by atoms with E-state index in [1.807, 2.05) is 0 Å². The summed E-state index contributed by atoms with van der Waals surface area (Å²) in [5, 5.41) is 9.00. The lowest BCUT2D eigenvalue weighted by Gasteiger charge is -2.17. The molecule has 2 aliphatic heterocycles. The SMILES string of the molecule is C=CCOC(=O)N1C[C@H]2[C@@H](C1)OC[C@H]2C(=O)O. The topological polar surface area (TPSA) is 76.1 Å². The lowest BCUT2D eigenvalue weighted by Crippen LogP contribution is -2.32. The molecule has 3 atom stereocenters. The van der Waals surface area contributed by atoms with E-state index in [0.717, 1.165) is 0 Å². The molecule has 0 aromatic rings. The monoisotopic (exact) mass is 241 g/mol. The summed E-state index contributed by atoms with van der Waals surface area (Å²) < 4.78 is 10.3. The molecule has 0 bridgehead atoms. The van der Waals surface area contributed by atoms with Gasteiger partial charge in [0.25, 0.3) is 0 Å². The number of aliphatic carboxylic acids is 1. The Morgan fingerprint density at radius 3 is 2.94 bits per heavy atom. The summed E-state index contributed by atoms with van der Waals surface area (Å²) in [6.07, 6.45) is 0.880. The van der Waals surface area contributed by atoms with E-state index < -0.39 is 18.0 Å². The first-order valence-corrected chi connectivity index (χ1v) is 5.50. The van der Waals surface area contributed by atoms with Crippen LogP contribution in [0.5, 0.6) is 0 Å². The number of carboxylic acids is 1. The molecule has 2 aliphatic rings. The Hall–Kier alpha value is -1.56. The maximum atomic E-state index is 11.6. The number of ether oxygens (including phenoxy) is 2. The molecule has 0 unspecified atom stereocenters. The Balaban J connectivity index is 1.93. The van der Waals surface area contributed by atoms with Crippen LogP contribution in [0.3, 0.4) is 0 Å². The first-order chi connectivity index (χ1) is 8.13. The molecular weight excluding hydrogens is 226 g/mol. The lowest BCUT2D eigenvalue weighted by molar-refractivity contribution is -0.142. The van der Waals surface area contributed by atoms with Crippen LogP contribution >= 0.6 is 0 Å². The fourth-order valence-electron chi connectivity index (χ4n) is 2.34. The zero-order chi connectivity index (χ0) is 12.4. The summed E-state index contributed by atoms with van der Waals surface area (Å²) >= 11 is 0. The van der Waals surface area contributed by atoms with Gasteiger partial charge in [-0.1, -0.05) is 12.7 Å². The van der Waals surface area contributed by atoms with E-state index in [0.29, 0.717) is 13.1 Å². The second-order valence-electron chi connectivity index (χ2n) is 4.25. The van der Waals surface area contributed by atoms with Gasteiger partial charge in [-0.25, -0.2) is 4.79 Å². The number of likely N-dealkylation sites (tertiary alicyclic amines) is 1. The van der Waals surface area contributed by atoms with Gasteiger partial charge in [0, 0.05) is 12.5 Å². The van der Waals surface area contributed by atoms with E-state index in [2.05, 4.69) is 6.58 Å². The molecule has 94 valence electrons. The fourth-order valence-corrected chi connectivity index (χ4v) is 2.34. The molecule has 17 heavy (non-hydrogen) atoms. The molecular formula is C11H15NO5. The number of carbonyl (C=O) groups excluding carboxylic acids is 1. The highest BCUT2D eigenvalue weighted by Gasteiger charge is 2.48. The number of rotatable bonds is 3. The third kappa shape index (κ3) is 2.26.